The third-order valence-electron chi connectivity index (χ3n) is 3.15. The lowest BCUT2D eigenvalue weighted by Gasteiger charge is -2.07. The number of carbonyl (C=O) groups is 1. The lowest BCUT2D eigenvalue weighted by atomic mass is 10.1. The van der Waals surface area contributed by atoms with Crippen LogP contribution in [0.4, 0.5) is 11.6 Å². The SMILES string of the molecule is CNc1nc(-c2ccc(Cl)cc2)c2c(N)c(C(N)=O)sc2n1. The van der Waals surface area contributed by atoms with Crippen molar-refractivity contribution in [2.75, 3.05) is 18.1 Å². The Morgan fingerprint density at radius 3 is 2.55 bits per heavy atom. The monoisotopic (exact) mass is 333 g/mol. The topological polar surface area (TPSA) is 107 Å². The molecule has 0 aliphatic rings. The number of hydrogen-bond donors (Lipinski definition) is 3. The first-order valence-corrected chi connectivity index (χ1v) is 7.54. The molecule has 0 atom stereocenters. The molecule has 3 rings (SSSR count). The first-order chi connectivity index (χ1) is 10.5. The van der Waals surface area contributed by atoms with E-state index in [9.17, 15) is 4.79 Å². The van der Waals surface area contributed by atoms with Crippen LogP contribution >= 0.6 is 22.9 Å². The standard InChI is InChI=1S/C14H12ClN5OS/c1-18-14-19-10(6-2-4-7(15)5-3-6)8-9(16)11(12(17)21)22-13(8)20-14/h2-5H,16H2,1H3,(H2,17,21)(H,18,19,20). The van der Waals surface area contributed by atoms with Crippen LogP contribution in [0.15, 0.2) is 24.3 Å². The summed E-state index contributed by atoms with van der Waals surface area (Å²) in [5.74, 6) is -0.136. The Balaban J connectivity index is 2.36. The van der Waals surface area contributed by atoms with Gasteiger partial charge in [0.15, 0.2) is 0 Å². The number of halogens is 1. The van der Waals surface area contributed by atoms with Gasteiger partial charge in [0.2, 0.25) is 5.95 Å². The number of amides is 1. The summed E-state index contributed by atoms with van der Waals surface area (Å²) in [4.78, 5) is 21.2. The van der Waals surface area contributed by atoms with Crippen LogP contribution in [-0.4, -0.2) is 22.9 Å². The Labute approximate surface area is 135 Å². The van der Waals surface area contributed by atoms with Crippen molar-refractivity contribution in [1.82, 2.24) is 9.97 Å². The van der Waals surface area contributed by atoms with Crippen molar-refractivity contribution >= 4 is 50.7 Å². The largest absolute Gasteiger partial charge is 0.397 e. The second-order valence-corrected chi connectivity index (χ2v) is 5.98. The fraction of sp³-hybridized carbons (Fsp3) is 0.0714. The molecule has 0 aliphatic heterocycles. The molecular weight excluding hydrogens is 322 g/mol. The van der Waals surface area contributed by atoms with Gasteiger partial charge in [-0.3, -0.25) is 4.79 Å². The van der Waals surface area contributed by atoms with Crippen LogP contribution in [-0.2, 0) is 0 Å². The quantitative estimate of drug-likeness (QED) is 0.683. The van der Waals surface area contributed by atoms with E-state index in [-0.39, 0.29) is 4.88 Å². The molecule has 1 aromatic carbocycles. The molecule has 22 heavy (non-hydrogen) atoms. The van der Waals surface area contributed by atoms with Gasteiger partial charge in [0.1, 0.15) is 9.71 Å². The normalized spacial score (nSPS) is 10.8. The third-order valence-corrected chi connectivity index (χ3v) is 4.52. The van der Waals surface area contributed by atoms with E-state index in [2.05, 4.69) is 15.3 Å². The minimum absolute atomic E-state index is 0.285. The fourth-order valence-electron chi connectivity index (χ4n) is 2.13. The Bertz CT molecular complexity index is 875. The maximum atomic E-state index is 11.5. The smallest absolute Gasteiger partial charge is 0.260 e. The van der Waals surface area contributed by atoms with E-state index in [1.165, 1.54) is 0 Å². The molecule has 0 bridgehead atoms. The highest BCUT2D eigenvalue weighted by atomic mass is 35.5. The van der Waals surface area contributed by atoms with Crippen molar-refractivity contribution < 1.29 is 4.79 Å². The maximum Gasteiger partial charge on any atom is 0.260 e. The van der Waals surface area contributed by atoms with E-state index in [0.29, 0.717) is 32.6 Å². The van der Waals surface area contributed by atoms with E-state index in [1.807, 2.05) is 12.1 Å². The number of rotatable bonds is 3. The van der Waals surface area contributed by atoms with Gasteiger partial charge in [-0.1, -0.05) is 23.7 Å². The van der Waals surface area contributed by atoms with Crippen LogP contribution in [0.1, 0.15) is 9.67 Å². The van der Waals surface area contributed by atoms with Crippen LogP contribution in [0, 0.1) is 0 Å². The third kappa shape index (κ3) is 2.34. The molecule has 2 heterocycles. The second-order valence-electron chi connectivity index (χ2n) is 4.54. The Morgan fingerprint density at radius 2 is 1.95 bits per heavy atom. The molecule has 0 saturated carbocycles. The Hall–Kier alpha value is -2.38. The minimum atomic E-state index is -0.575. The first kappa shape index (κ1) is 14.6. The highest BCUT2D eigenvalue weighted by Crippen LogP contribution is 2.38. The van der Waals surface area contributed by atoms with Gasteiger partial charge in [0, 0.05) is 17.6 Å². The molecule has 0 aliphatic carbocycles. The number of carbonyl (C=O) groups excluding carboxylic acids is 1. The van der Waals surface area contributed by atoms with Crippen LogP contribution in [0.2, 0.25) is 5.02 Å². The summed E-state index contributed by atoms with van der Waals surface area (Å²) in [6.45, 7) is 0. The molecule has 5 N–H and O–H groups in total. The number of nitrogens with zero attached hydrogens (tertiary/aromatic N) is 2. The zero-order valence-electron chi connectivity index (χ0n) is 11.6. The van der Waals surface area contributed by atoms with Crippen LogP contribution in [0.25, 0.3) is 21.5 Å². The summed E-state index contributed by atoms with van der Waals surface area (Å²) in [7, 11) is 1.72. The van der Waals surface area contributed by atoms with Crippen molar-refractivity contribution in [2.24, 2.45) is 5.73 Å². The number of primary amides is 1. The molecule has 0 unspecified atom stereocenters. The number of thiophene rings is 1. The molecule has 3 aromatic rings. The molecule has 6 nitrogen and oxygen atoms in total. The van der Waals surface area contributed by atoms with E-state index >= 15 is 0 Å². The highest BCUT2D eigenvalue weighted by molar-refractivity contribution is 7.21. The average Bonchev–Trinajstić information content (AvgIpc) is 2.84. The van der Waals surface area contributed by atoms with E-state index in [0.717, 1.165) is 16.9 Å². The number of anilines is 2. The Kier molecular flexibility index (Phi) is 3.59. The summed E-state index contributed by atoms with van der Waals surface area (Å²) in [5, 5.41) is 4.15. The molecule has 2 aromatic heterocycles. The van der Waals surface area contributed by atoms with Gasteiger partial charge in [0.25, 0.3) is 5.91 Å². The van der Waals surface area contributed by atoms with Gasteiger partial charge >= 0.3 is 0 Å². The number of nitrogens with one attached hydrogen (secondary N) is 1. The molecule has 0 fully saturated rings. The summed E-state index contributed by atoms with van der Waals surface area (Å²) in [5.41, 5.74) is 13.2. The van der Waals surface area contributed by atoms with Gasteiger partial charge < -0.3 is 16.8 Å². The number of hydrogen-bond acceptors (Lipinski definition) is 6. The maximum absolute atomic E-state index is 11.5. The molecule has 1 amide bonds. The van der Waals surface area contributed by atoms with Gasteiger partial charge in [-0.05, 0) is 12.1 Å². The van der Waals surface area contributed by atoms with E-state index < -0.39 is 5.91 Å². The highest BCUT2D eigenvalue weighted by Gasteiger charge is 2.20. The zero-order chi connectivity index (χ0) is 15.9. The molecule has 0 radical (unpaired) electrons. The molecule has 112 valence electrons. The molecular formula is C14H12ClN5OS. The zero-order valence-corrected chi connectivity index (χ0v) is 13.1. The van der Waals surface area contributed by atoms with Crippen LogP contribution in [0.3, 0.4) is 0 Å². The number of fused-ring (bicyclic) bond motifs is 1. The number of nitrogen functional groups attached to an aromatic ring is 1. The molecule has 0 saturated heterocycles. The summed E-state index contributed by atoms with van der Waals surface area (Å²) in [6, 6.07) is 7.21. The lowest BCUT2D eigenvalue weighted by Crippen LogP contribution is -2.10. The van der Waals surface area contributed by atoms with Crippen molar-refractivity contribution in [3.63, 3.8) is 0 Å². The van der Waals surface area contributed by atoms with Crippen LogP contribution < -0.4 is 16.8 Å². The molecule has 8 heteroatoms. The number of nitrogens with two attached hydrogens (primary N) is 2. The summed E-state index contributed by atoms with van der Waals surface area (Å²) < 4.78 is 0. The van der Waals surface area contributed by atoms with Gasteiger partial charge in [-0.25, -0.2) is 9.97 Å². The van der Waals surface area contributed by atoms with Crippen molar-refractivity contribution in [2.45, 2.75) is 0 Å². The van der Waals surface area contributed by atoms with E-state index in [1.54, 1.807) is 19.2 Å². The predicted molar refractivity (Wildman–Crippen MR) is 90.3 cm³/mol. The van der Waals surface area contributed by atoms with Crippen molar-refractivity contribution in [1.29, 1.82) is 0 Å². The summed E-state index contributed by atoms with van der Waals surface area (Å²) >= 11 is 7.08. The van der Waals surface area contributed by atoms with Crippen LogP contribution in [0.5, 0.6) is 0 Å². The van der Waals surface area contributed by atoms with Gasteiger partial charge in [0.05, 0.1) is 16.8 Å². The second kappa shape index (κ2) is 5.43. The van der Waals surface area contributed by atoms with Crippen molar-refractivity contribution in [3.8, 4) is 11.3 Å². The predicted octanol–water partition coefficient (Wildman–Crippen LogP) is 2.73. The Morgan fingerprint density at radius 1 is 1.27 bits per heavy atom. The number of benzene rings is 1. The molecule has 0 spiro atoms. The lowest BCUT2D eigenvalue weighted by molar-refractivity contribution is 0.100. The van der Waals surface area contributed by atoms with E-state index in [4.69, 9.17) is 23.1 Å². The average molecular weight is 334 g/mol. The minimum Gasteiger partial charge on any atom is -0.397 e. The van der Waals surface area contributed by atoms with Crippen molar-refractivity contribution in [3.05, 3.63) is 34.2 Å². The number of aromatic nitrogens is 2. The summed E-state index contributed by atoms with van der Waals surface area (Å²) in [6.07, 6.45) is 0. The van der Waals surface area contributed by atoms with Gasteiger partial charge in [-0.15, -0.1) is 11.3 Å². The first-order valence-electron chi connectivity index (χ1n) is 6.34. The van der Waals surface area contributed by atoms with Gasteiger partial charge in [-0.2, -0.15) is 0 Å². The fourth-order valence-corrected chi connectivity index (χ4v) is 3.21.